The van der Waals surface area contributed by atoms with Gasteiger partial charge in [0.1, 0.15) is 0 Å². The Morgan fingerprint density at radius 3 is 1.27 bits per heavy atom. The molecule has 3 heterocycles. The van der Waals surface area contributed by atoms with E-state index >= 15 is 0 Å². The van der Waals surface area contributed by atoms with Crippen molar-refractivity contribution in [2.45, 2.75) is 178 Å². The van der Waals surface area contributed by atoms with Gasteiger partial charge in [0, 0.05) is 111 Å². The topological polar surface area (TPSA) is 123 Å². The summed E-state index contributed by atoms with van der Waals surface area (Å²) in [6.07, 6.45) is 1.97. The third kappa shape index (κ3) is 28.6. The van der Waals surface area contributed by atoms with Crippen LogP contribution in [0.2, 0.25) is 0 Å². The molecule has 0 amide bonds. The smallest absolute Gasteiger partial charge is 0.0713 e. The Hall–Kier alpha value is -10.2. The van der Waals surface area contributed by atoms with E-state index in [1.54, 1.807) is 0 Å². The van der Waals surface area contributed by atoms with Crippen molar-refractivity contribution in [2.75, 3.05) is 0 Å². The number of aromatic nitrogens is 3. The Balaban J connectivity index is 0.000000398. The van der Waals surface area contributed by atoms with Crippen molar-refractivity contribution in [2.24, 2.45) is 0 Å². The molecular formula is C118H133Hf3N9-12. The third-order valence-electron chi connectivity index (χ3n) is 22.6. The molecule has 12 aromatic carbocycles. The summed E-state index contributed by atoms with van der Waals surface area (Å²) in [4.78, 5) is 15.6. The van der Waals surface area contributed by atoms with E-state index in [1.165, 1.54) is 77.5 Å². The standard InChI is InChI=1S/C41H39N3.C40H43N3.C31H33N3.6CH3.3Hf/c1-28(2)34-22-14-23-35(29(3)4)41(34)42-27-33-20-13-24-38(43-33)39-36-21-12-11-15-30(36)25-26-37(39)40(31-16-7-5-8-17-31)44-32-18-9-6-10-19-32;1-27(2)32-19-12-13-21-36(32)40(43-39-33(28(3)4)22-14-23-34(39)29(5)6)38-25-15-24-37(42-38)35-20-11-10-16-30(35)26-41-31-17-8-7-9-18-31;1-5-24-14-10-15-25(6-2)31(24)33-21-27-17-11-19-29(34-27)30-23(4)13-9-16-26(30)20-32-28-18-8-7-12-22(28)3;;;;;;;;;/h5-26,28-29,40H,27H2,1-4H3;7-25,27-29,40H,26H2,1-6H3;7-19H,5-6,20-21H2,1-4H3;6*1H3;;;/q3*-2;6*-1;;;. The molecule has 674 valence electrons. The van der Waals surface area contributed by atoms with Crippen molar-refractivity contribution in [3.05, 3.63) is 499 Å². The molecule has 0 bridgehead atoms. The van der Waals surface area contributed by atoms with Crippen LogP contribution in [0, 0.1) is 58.4 Å². The SMILES string of the molecule is CC(C)c1cccc(C(C)C)c1[N-]Cc1cccc(-c2c(C([N-]c3ccccc3)c3ccccc3)ccc3ccccc23)n1.CC(C)c1ccccc1C([N-]c1c(C(C)C)cccc1C(C)C)c1cccc(-c2ccccc2C[N-]c2ccccc2)n1.CCc1cccc(CC)c1[N-]Cc1cccc(-c2c(C)cccc2C[N-]c2ccccc2C)n1.[CH3-].[CH3-].[CH3-].[CH3-].[CH3-].[CH3-].[Hf].[Hf].[Hf]. The van der Waals surface area contributed by atoms with Crippen molar-refractivity contribution in [3.63, 3.8) is 0 Å². The Morgan fingerprint density at radius 2 is 0.692 bits per heavy atom. The van der Waals surface area contributed by atoms with E-state index in [2.05, 4.69) is 370 Å². The molecule has 15 rings (SSSR count). The van der Waals surface area contributed by atoms with Crippen LogP contribution in [0.25, 0.3) is 76.4 Å². The second-order valence-electron chi connectivity index (χ2n) is 32.8. The third-order valence-corrected chi connectivity index (χ3v) is 22.6. The zero-order valence-corrected chi connectivity index (χ0v) is 91.3. The predicted molar refractivity (Wildman–Crippen MR) is 552 cm³/mol. The van der Waals surface area contributed by atoms with Crippen LogP contribution in [0.5, 0.6) is 0 Å². The first kappa shape index (κ1) is 112. The molecule has 2 atom stereocenters. The second kappa shape index (κ2) is 55.2. The Labute approximate surface area is 840 Å². The molecule has 15 aromatic rings. The Morgan fingerprint density at radius 1 is 0.269 bits per heavy atom. The summed E-state index contributed by atoms with van der Waals surface area (Å²) in [5.41, 5.74) is 32.7. The quantitative estimate of drug-likeness (QED) is 0.0329. The average Bonchev–Trinajstić information content (AvgIpc) is 0.755. The number of para-hydroxylation sites is 6. The minimum Gasteiger partial charge on any atom is -0.681 e. The van der Waals surface area contributed by atoms with Gasteiger partial charge < -0.3 is 76.5 Å². The summed E-state index contributed by atoms with van der Waals surface area (Å²) in [6.45, 7) is 33.4. The molecular weight excluding hydrogens is 2080 g/mol. The van der Waals surface area contributed by atoms with Crippen molar-refractivity contribution < 1.29 is 77.5 Å². The van der Waals surface area contributed by atoms with Crippen LogP contribution >= 0.6 is 0 Å². The first-order valence-electron chi connectivity index (χ1n) is 43.3. The summed E-state index contributed by atoms with van der Waals surface area (Å²) in [6, 6.07) is 114. The average molecular weight is 2210 g/mol. The van der Waals surface area contributed by atoms with Crippen LogP contribution in [-0.2, 0) is 117 Å². The summed E-state index contributed by atoms with van der Waals surface area (Å²) in [7, 11) is 0. The molecule has 12 heteroatoms. The van der Waals surface area contributed by atoms with Crippen LogP contribution in [0.1, 0.15) is 220 Å². The maximum absolute atomic E-state index is 5.64. The molecule has 0 saturated heterocycles. The monoisotopic (exact) mass is 2220 g/mol. The van der Waals surface area contributed by atoms with E-state index in [4.69, 9.17) is 46.9 Å². The molecule has 0 saturated carbocycles. The first-order valence-corrected chi connectivity index (χ1v) is 43.3. The second-order valence-corrected chi connectivity index (χ2v) is 32.8. The van der Waals surface area contributed by atoms with Crippen molar-refractivity contribution in [1.82, 2.24) is 15.0 Å². The predicted octanol–water partition coefficient (Wildman–Crippen LogP) is 35.9. The van der Waals surface area contributed by atoms with Gasteiger partial charge in [0.05, 0.1) is 17.1 Å². The van der Waals surface area contributed by atoms with Gasteiger partial charge in [-0.25, -0.2) is 0 Å². The van der Waals surface area contributed by atoms with Crippen LogP contribution < -0.4 is 0 Å². The fraction of sp³-hybridized carbons (Fsp3) is 0.229. The summed E-state index contributed by atoms with van der Waals surface area (Å²) in [5, 5.41) is 33.2. The largest absolute Gasteiger partial charge is 0.681 e. The summed E-state index contributed by atoms with van der Waals surface area (Å²) in [5.74, 6) is 1.87. The Kier molecular flexibility index (Phi) is 47.6. The molecule has 0 N–H and O–H groups in total. The Bertz CT molecular complexity index is 5820. The van der Waals surface area contributed by atoms with Crippen LogP contribution in [-0.4, -0.2) is 15.0 Å². The zero-order valence-electron chi connectivity index (χ0n) is 80.5. The molecule has 130 heavy (non-hydrogen) atoms. The van der Waals surface area contributed by atoms with E-state index in [0.29, 0.717) is 55.8 Å². The molecule has 0 spiro atoms. The molecule has 9 nitrogen and oxygen atoms in total. The van der Waals surface area contributed by atoms with Gasteiger partial charge in [-0.3, -0.25) is 15.0 Å². The normalized spacial score (nSPS) is 10.9. The molecule has 0 aliphatic carbocycles. The number of fused-ring (bicyclic) bond motifs is 1. The molecule has 2 unspecified atom stereocenters. The molecule has 0 radical (unpaired) electrons. The van der Waals surface area contributed by atoms with Gasteiger partial charge in [-0.15, -0.1) is 47.2 Å². The first-order chi connectivity index (χ1) is 58.9. The van der Waals surface area contributed by atoms with Crippen LogP contribution in [0.15, 0.2) is 328 Å². The number of aryl methyl sites for hydroxylation is 4. The number of benzene rings is 12. The van der Waals surface area contributed by atoms with Gasteiger partial charge in [0.15, 0.2) is 0 Å². The van der Waals surface area contributed by atoms with Gasteiger partial charge in [0.2, 0.25) is 0 Å². The van der Waals surface area contributed by atoms with Crippen LogP contribution in [0.3, 0.4) is 0 Å². The fourth-order valence-corrected chi connectivity index (χ4v) is 16.2. The van der Waals surface area contributed by atoms with E-state index in [-0.39, 0.29) is 134 Å². The van der Waals surface area contributed by atoms with Crippen molar-refractivity contribution >= 4 is 44.9 Å². The van der Waals surface area contributed by atoms with Crippen molar-refractivity contribution in [1.29, 1.82) is 0 Å². The fourth-order valence-electron chi connectivity index (χ4n) is 16.2. The molecule has 0 fully saturated rings. The summed E-state index contributed by atoms with van der Waals surface area (Å²) >= 11 is 0. The summed E-state index contributed by atoms with van der Waals surface area (Å²) < 4.78 is 0. The molecule has 0 aliphatic rings. The minimum absolute atomic E-state index is 0. The molecule has 0 aliphatic heterocycles. The maximum Gasteiger partial charge on any atom is 0.0713 e. The minimum atomic E-state index is -0.239. The number of pyridine rings is 3. The maximum atomic E-state index is 5.64. The van der Waals surface area contributed by atoms with Gasteiger partial charge in [-0.05, 0) is 126 Å². The van der Waals surface area contributed by atoms with Crippen molar-refractivity contribution in [3.8, 4) is 33.8 Å². The van der Waals surface area contributed by atoms with Gasteiger partial charge in [-0.1, -0.05) is 455 Å². The number of hydrogen-bond donors (Lipinski definition) is 0. The van der Waals surface area contributed by atoms with E-state index in [0.717, 1.165) is 109 Å². The number of hydrogen-bond acceptors (Lipinski definition) is 3. The number of nitrogens with zero attached hydrogens (tertiary/aromatic N) is 9. The zero-order chi connectivity index (χ0) is 84.7. The molecule has 3 aromatic heterocycles. The van der Waals surface area contributed by atoms with Gasteiger partial charge in [-0.2, -0.15) is 0 Å². The van der Waals surface area contributed by atoms with Crippen LogP contribution in [0.4, 0.5) is 34.1 Å². The van der Waals surface area contributed by atoms with E-state index in [1.807, 2.05) is 54.6 Å². The van der Waals surface area contributed by atoms with Gasteiger partial charge >= 0.3 is 0 Å². The number of rotatable bonds is 30. The van der Waals surface area contributed by atoms with Gasteiger partial charge in [0.25, 0.3) is 0 Å². The van der Waals surface area contributed by atoms with E-state index in [9.17, 15) is 0 Å². The van der Waals surface area contributed by atoms with E-state index < -0.39 is 0 Å².